The Morgan fingerprint density at radius 2 is 1.93 bits per heavy atom. The van der Waals surface area contributed by atoms with Crippen LogP contribution in [0.3, 0.4) is 0 Å². The van der Waals surface area contributed by atoms with Crippen molar-refractivity contribution in [1.29, 1.82) is 0 Å². The monoisotopic (exact) mass is 562 g/mol. The summed E-state index contributed by atoms with van der Waals surface area (Å²) in [6, 6.07) is 3.89. The van der Waals surface area contributed by atoms with Gasteiger partial charge < -0.3 is 10.1 Å². The minimum atomic E-state index is -1.02. The lowest BCUT2D eigenvalue weighted by Crippen LogP contribution is -2.56. The molecule has 2 aromatic rings. The Morgan fingerprint density at radius 3 is 2.67 bits per heavy atom. The summed E-state index contributed by atoms with van der Waals surface area (Å²) in [5.41, 5.74) is 1.08. The fourth-order valence-corrected chi connectivity index (χ4v) is 8.76. The van der Waals surface area contributed by atoms with Gasteiger partial charge >= 0.3 is 5.97 Å². The molecule has 10 nitrogen and oxygen atoms in total. The van der Waals surface area contributed by atoms with E-state index >= 15 is 0 Å². The molecule has 2 N–H and O–H groups in total. The number of carbonyl (C=O) groups excluding carboxylic acids is 5. The highest BCUT2D eigenvalue weighted by atomic mass is 32.1. The van der Waals surface area contributed by atoms with Gasteiger partial charge in [-0.25, -0.2) is 4.98 Å². The van der Waals surface area contributed by atoms with Gasteiger partial charge in [0.25, 0.3) is 17.0 Å². The zero-order chi connectivity index (χ0) is 27.8. The zero-order valence-electron chi connectivity index (χ0n) is 22.1. The molecule has 208 valence electrons. The van der Waals surface area contributed by atoms with Gasteiger partial charge in [0, 0.05) is 17.5 Å². The van der Waals surface area contributed by atoms with E-state index < -0.39 is 35.1 Å². The van der Waals surface area contributed by atoms with Crippen LogP contribution in [0.15, 0.2) is 23.6 Å². The van der Waals surface area contributed by atoms with Crippen molar-refractivity contribution in [3.8, 4) is 5.19 Å². The first-order chi connectivity index (χ1) is 19.2. The molecule has 0 spiro atoms. The highest BCUT2D eigenvalue weighted by Crippen LogP contribution is 2.63. The summed E-state index contributed by atoms with van der Waals surface area (Å²) in [6.45, 7) is 2.46. The topological polar surface area (TPSA) is 135 Å². The molecule has 1 saturated heterocycles. The van der Waals surface area contributed by atoms with Crippen molar-refractivity contribution in [2.24, 2.45) is 29.1 Å². The predicted octanol–water partition coefficient (Wildman–Crippen LogP) is 3.52. The normalized spacial score (nSPS) is 32.3. The quantitative estimate of drug-likeness (QED) is 0.403. The summed E-state index contributed by atoms with van der Waals surface area (Å²) in [5.74, 6) is -0.136. The molecule has 1 aromatic heterocycles. The fourth-order valence-electron chi connectivity index (χ4n) is 8.09. The number of fused-ring (bicyclic) bond motifs is 1. The van der Waals surface area contributed by atoms with Crippen molar-refractivity contribution in [1.82, 2.24) is 15.2 Å². The van der Waals surface area contributed by atoms with E-state index in [1.165, 1.54) is 30.6 Å². The Labute approximate surface area is 234 Å². The number of imide groups is 2. The zero-order valence-corrected chi connectivity index (χ0v) is 22.9. The number of aromatic nitrogens is 1. The molecule has 4 amide bonds. The molecule has 3 heterocycles. The summed E-state index contributed by atoms with van der Waals surface area (Å²) in [4.78, 5) is 69.2. The molecule has 40 heavy (non-hydrogen) atoms. The highest BCUT2D eigenvalue weighted by Gasteiger charge is 2.60. The van der Waals surface area contributed by atoms with Crippen LogP contribution in [-0.4, -0.2) is 45.5 Å². The molecule has 5 fully saturated rings. The van der Waals surface area contributed by atoms with Gasteiger partial charge in [-0.15, -0.1) is 0 Å². The molecule has 8 rings (SSSR count). The van der Waals surface area contributed by atoms with Crippen molar-refractivity contribution in [2.75, 3.05) is 5.32 Å². The largest absolute Gasteiger partial charge is 0.397 e. The van der Waals surface area contributed by atoms with Gasteiger partial charge in [0.2, 0.25) is 11.8 Å². The van der Waals surface area contributed by atoms with Crippen molar-refractivity contribution >= 4 is 46.6 Å². The van der Waals surface area contributed by atoms with Crippen molar-refractivity contribution in [3.63, 3.8) is 0 Å². The van der Waals surface area contributed by atoms with Crippen LogP contribution in [0, 0.1) is 29.1 Å². The first-order valence-corrected chi connectivity index (χ1v) is 14.9. The second-order valence-electron chi connectivity index (χ2n) is 12.1. The van der Waals surface area contributed by atoms with Crippen LogP contribution >= 0.6 is 11.3 Å². The summed E-state index contributed by atoms with van der Waals surface area (Å²) in [7, 11) is 0. The number of benzene rings is 1. The third kappa shape index (κ3) is 3.88. The fraction of sp³-hybridized carbons (Fsp3) is 0.517. The molecule has 6 aliphatic rings. The minimum Gasteiger partial charge on any atom is -0.397 e. The first-order valence-electron chi connectivity index (χ1n) is 14.0. The van der Waals surface area contributed by atoms with Gasteiger partial charge in [-0.05, 0) is 74.3 Å². The maximum Gasteiger partial charge on any atom is 0.319 e. The lowest BCUT2D eigenvalue weighted by Gasteiger charge is -2.58. The Hall–Kier alpha value is -3.60. The van der Waals surface area contributed by atoms with Crippen LogP contribution in [0.1, 0.15) is 78.3 Å². The van der Waals surface area contributed by atoms with E-state index in [9.17, 15) is 24.0 Å². The van der Waals surface area contributed by atoms with Crippen LogP contribution in [0.2, 0.25) is 0 Å². The number of nitrogens with one attached hydrogen (secondary N) is 2. The van der Waals surface area contributed by atoms with E-state index in [-0.39, 0.29) is 36.5 Å². The summed E-state index contributed by atoms with van der Waals surface area (Å²) < 4.78 is 5.88. The number of esters is 1. The van der Waals surface area contributed by atoms with E-state index in [1.54, 1.807) is 18.2 Å². The average molecular weight is 563 g/mol. The van der Waals surface area contributed by atoms with E-state index in [2.05, 4.69) is 22.5 Å². The van der Waals surface area contributed by atoms with Gasteiger partial charge in [-0.2, -0.15) is 0 Å². The number of amides is 4. The van der Waals surface area contributed by atoms with Crippen molar-refractivity contribution in [2.45, 2.75) is 64.5 Å². The number of carbonyl (C=O) groups is 5. The van der Waals surface area contributed by atoms with Crippen LogP contribution in [0.5, 0.6) is 5.19 Å². The summed E-state index contributed by atoms with van der Waals surface area (Å²) in [5, 5.41) is 7.52. The van der Waals surface area contributed by atoms with Crippen LogP contribution in [-0.2, 0) is 20.9 Å². The molecule has 2 aliphatic heterocycles. The molecule has 4 aliphatic carbocycles. The Morgan fingerprint density at radius 1 is 1.15 bits per heavy atom. The van der Waals surface area contributed by atoms with Crippen LogP contribution in [0.4, 0.5) is 5.69 Å². The Bertz CT molecular complexity index is 1450. The summed E-state index contributed by atoms with van der Waals surface area (Å²) >= 11 is 1.27. The van der Waals surface area contributed by atoms with Crippen LogP contribution in [0.25, 0.3) is 0 Å². The molecule has 4 unspecified atom stereocenters. The molecule has 0 radical (unpaired) electrons. The molecular weight excluding hydrogens is 532 g/mol. The third-order valence-corrected chi connectivity index (χ3v) is 10.6. The summed E-state index contributed by atoms with van der Waals surface area (Å²) in [6.07, 6.45) is 5.72. The lowest BCUT2D eigenvalue weighted by atomic mass is 9.45. The molecule has 1 aromatic carbocycles. The van der Waals surface area contributed by atoms with Gasteiger partial charge in [-0.1, -0.05) is 24.3 Å². The number of piperidine rings is 1. The van der Waals surface area contributed by atoms with Crippen molar-refractivity contribution in [3.05, 3.63) is 40.4 Å². The number of rotatable bonds is 6. The van der Waals surface area contributed by atoms with E-state index in [4.69, 9.17) is 4.74 Å². The Balaban J connectivity index is 1.04. The predicted molar refractivity (Wildman–Crippen MR) is 143 cm³/mol. The lowest BCUT2D eigenvalue weighted by molar-refractivity contribution is -0.172. The number of thiazole rings is 1. The maximum absolute atomic E-state index is 13.5. The number of hydrogen-bond donors (Lipinski definition) is 2. The molecule has 4 bridgehead atoms. The number of anilines is 1. The smallest absolute Gasteiger partial charge is 0.319 e. The maximum atomic E-state index is 13.5. The second-order valence-corrected chi connectivity index (χ2v) is 12.9. The standard InChI is InChI=1S/C29H30N4O6S/c1-14-17-8-15-7-16(9-17)11-29(14,10-15)27(38)39-28-31-18(13-40-28)12-30-20-4-2-3-19-23(20)26(37)33(25(19)36)21-5-6-22(34)32-24(21)35/h2-4,13-17,21,30H,5-12H2,1H3,(H,32,34,35). The van der Waals surface area contributed by atoms with E-state index in [0.717, 1.165) is 17.7 Å². The third-order valence-electron chi connectivity index (χ3n) is 9.87. The van der Waals surface area contributed by atoms with Gasteiger partial charge in [-0.3, -0.25) is 34.2 Å². The number of nitrogens with zero attached hydrogens (tertiary/aromatic N) is 2. The molecule has 11 heteroatoms. The van der Waals surface area contributed by atoms with Crippen molar-refractivity contribution < 1.29 is 28.7 Å². The average Bonchev–Trinajstić information content (AvgIpc) is 3.47. The molecule has 4 saturated carbocycles. The highest BCUT2D eigenvalue weighted by molar-refractivity contribution is 7.11. The minimum absolute atomic E-state index is 0.0629. The van der Waals surface area contributed by atoms with Gasteiger partial charge in [0.15, 0.2) is 0 Å². The van der Waals surface area contributed by atoms with E-state index in [1.807, 2.05) is 5.38 Å². The van der Waals surface area contributed by atoms with Gasteiger partial charge in [0.05, 0.1) is 28.8 Å². The van der Waals surface area contributed by atoms with E-state index in [0.29, 0.717) is 40.2 Å². The van der Waals surface area contributed by atoms with Gasteiger partial charge in [0.1, 0.15) is 6.04 Å². The Kier molecular flexibility index (Phi) is 5.85. The number of hydrogen-bond acceptors (Lipinski definition) is 9. The SMILES string of the molecule is CC1C2CC3CC(C2)CC1(C(=O)Oc1nc(CNc2cccc4c2C(=O)N(C2CCC(=O)NC2=O)C4=O)cs1)C3. The van der Waals surface area contributed by atoms with Crippen LogP contribution < -0.4 is 15.4 Å². The number of ether oxygens (including phenoxy) is 1. The first kappa shape index (κ1) is 25.4. The molecule has 4 atom stereocenters. The molecular formula is C29H30N4O6S. The second kappa shape index (κ2) is 9.22.